The van der Waals surface area contributed by atoms with Crippen LogP contribution in [0, 0.1) is 0 Å². The number of carbonyl (C=O) groups excluding carboxylic acids is 1. The maximum absolute atomic E-state index is 12.5. The van der Waals surface area contributed by atoms with Crippen LogP contribution in [0.4, 0.5) is 0 Å². The Morgan fingerprint density at radius 2 is 2.15 bits per heavy atom. The Morgan fingerprint density at radius 1 is 1.35 bits per heavy atom. The molecule has 1 aliphatic rings. The van der Waals surface area contributed by atoms with Crippen molar-refractivity contribution < 1.29 is 24.2 Å². The van der Waals surface area contributed by atoms with Crippen LogP contribution in [0.5, 0.6) is 0 Å². The van der Waals surface area contributed by atoms with Gasteiger partial charge < -0.3 is 19.9 Å². The monoisotopic (exact) mass is 376 g/mol. The predicted octanol–water partition coefficient (Wildman–Crippen LogP) is 1.72. The molecule has 1 amide bonds. The smallest absolute Gasteiger partial charge is 0.329 e. The Morgan fingerprint density at radius 3 is 2.92 bits per heavy atom. The van der Waals surface area contributed by atoms with Crippen molar-refractivity contribution in [1.82, 2.24) is 10.3 Å². The van der Waals surface area contributed by atoms with Gasteiger partial charge in [-0.25, -0.2) is 9.78 Å². The summed E-state index contributed by atoms with van der Waals surface area (Å²) in [6, 6.07) is 9.54. The number of aromatic nitrogens is 1. The standard InChI is InChI=1S/C18H20N2O5S/c21-17(22)10-25-15-6-7-24-9-13(15)20-18(23)14-11-26-16(19-14)8-12-4-2-1-3-5-12/h1-5,11,13,15H,6-10H2,(H,20,23)(H,21,22)/t13-,15+/m1/s1. The first-order valence-electron chi connectivity index (χ1n) is 8.32. The summed E-state index contributed by atoms with van der Waals surface area (Å²) in [4.78, 5) is 27.6. The highest BCUT2D eigenvalue weighted by Crippen LogP contribution is 2.16. The van der Waals surface area contributed by atoms with Gasteiger partial charge in [0.25, 0.3) is 5.91 Å². The van der Waals surface area contributed by atoms with Gasteiger partial charge in [0.15, 0.2) is 0 Å². The normalized spacial score (nSPS) is 19.8. The number of thiazole rings is 1. The summed E-state index contributed by atoms with van der Waals surface area (Å²) in [5.74, 6) is -1.34. The predicted molar refractivity (Wildman–Crippen MR) is 95.4 cm³/mol. The summed E-state index contributed by atoms with van der Waals surface area (Å²) < 4.78 is 10.7. The van der Waals surface area contributed by atoms with Crippen LogP contribution in [-0.2, 0) is 20.7 Å². The molecule has 0 radical (unpaired) electrons. The van der Waals surface area contributed by atoms with Gasteiger partial charge in [-0.3, -0.25) is 4.79 Å². The number of hydrogen-bond acceptors (Lipinski definition) is 6. The second-order valence-electron chi connectivity index (χ2n) is 5.98. The van der Waals surface area contributed by atoms with Gasteiger partial charge in [-0.1, -0.05) is 30.3 Å². The summed E-state index contributed by atoms with van der Waals surface area (Å²) in [6.07, 6.45) is 0.829. The molecule has 0 saturated carbocycles. The molecule has 26 heavy (non-hydrogen) atoms. The van der Waals surface area contributed by atoms with E-state index in [4.69, 9.17) is 14.6 Å². The van der Waals surface area contributed by atoms with Crippen molar-refractivity contribution >= 4 is 23.2 Å². The number of aliphatic carboxylic acids is 1. The SMILES string of the molecule is O=C(O)CO[C@H]1CCOC[C@H]1NC(=O)c1csc(Cc2ccccc2)n1. The highest BCUT2D eigenvalue weighted by molar-refractivity contribution is 7.09. The number of carboxylic acids is 1. The number of nitrogens with one attached hydrogen (secondary N) is 1. The highest BCUT2D eigenvalue weighted by Gasteiger charge is 2.29. The minimum atomic E-state index is -1.04. The first kappa shape index (κ1) is 18.5. The number of rotatable bonds is 7. The maximum atomic E-state index is 12.5. The quantitative estimate of drug-likeness (QED) is 0.764. The molecule has 1 aromatic heterocycles. The summed E-state index contributed by atoms with van der Waals surface area (Å²) in [6.45, 7) is 0.376. The molecule has 1 aromatic carbocycles. The van der Waals surface area contributed by atoms with E-state index in [1.165, 1.54) is 11.3 Å². The molecule has 0 spiro atoms. The van der Waals surface area contributed by atoms with E-state index in [-0.39, 0.29) is 18.6 Å². The Kier molecular flexibility index (Phi) is 6.32. The topological polar surface area (TPSA) is 97.8 Å². The molecule has 138 valence electrons. The van der Waals surface area contributed by atoms with Crippen LogP contribution in [-0.4, -0.2) is 53.9 Å². The minimum Gasteiger partial charge on any atom is -0.480 e. The molecule has 2 aromatic rings. The van der Waals surface area contributed by atoms with E-state index in [1.807, 2.05) is 30.3 Å². The van der Waals surface area contributed by atoms with Crippen molar-refractivity contribution in [3.05, 3.63) is 52.0 Å². The lowest BCUT2D eigenvalue weighted by molar-refractivity contribution is -0.147. The van der Waals surface area contributed by atoms with Crippen LogP contribution in [0.3, 0.4) is 0 Å². The third-order valence-corrected chi connectivity index (χ3v) is 4.86. The number of hydrogen-bond donors (Lipinski definition) is 2. The number of amides is 1. The van der Waals surface area contributed by atoms with Crippen LogP contribution in [0.1, 0.15) is 27.5 Å². The van der Waals surface area contributed by atoms with Crippen molar-refractivity contribution in [1.29, 1.82) is 0 Å². The molecule has 1 saturated heterocycles. The van der Waals surface area contributed by atoms with E-state index < -0.39 is 18.6 Å². The molecule has 0 bridgehead atoms. The molecule has 2 N–H and O–H groups in total. The molecule has 7 nitrogen and oxygen atoms in total. The Hall–Kier alpha value is -2.29. The van der Waals surface area contributed by atoms with E-state index in [0.717, 1.165) is 10.6 Å². The van der Waals surface area contributed by atoms with Gasteiger partial charge in [-0.05, 0) is 12.0 Å². The van der Waals surface area contributed by atoms with Crippen LogP contribution >= 0.6 is 11.3 Å². The number of carboxylic acid groups (broad SMARTS) is 1. The Bertz CT molecular complexity index is 749. The third-order valence-electron chi connectivity index (χ3n) is 4.01. The number of benzene rings is 1. The zero-order valence-electron chi connectivity index (χ0n) is 14.1. The number of carbonyl (C=O) groups is 2. The lowest BCUT2D eigenvalue weighted by Crippen LogP contribution is -2.51. The van der Waals surface area contributed by atoms with Crippen molar-refractivity contribution in [2.45, 2.75) is 25.0 Å². The van der Waals surface area contributed by atoms with Gasteiger partial charge in [0, 0.05) is 18.4 Å². The fraction of sp³-hybridized carbons (Fsp3) is 0.389. The van der Waals surface area contributed by atoms with Gasteiger partial charge in [-0.15, -0.1) is 11.3 Å². The summed E-state index contributed by atoms with van der Waals surface area (Å²) in [7, 11) is 0. The molecule has 1 aliphatic heterocycles. The second-order valence-corrected chi connectivity index (χ2v) is 6.92. The molecule has 8 heteroatoms. The van der Waals surface area contributed by atoms with E-state index in [9.17, 15) is 9.59 Å². The van der Waals surface area contributed by atoms with Crippen molar-refractivity contribution in [3.63, 3.8) is 0 Å². The zero-order chi connectivity index (χ0) is 18.4. The lowest BCUT2D eigenvalue weighted by Gasteiger charge is -2.31. The van der Waals surface area contributed by atoms with Gasteiger partial charge in [0.1, 0.15) is 12.3 Å². The zero-order valence-corrected chi connectivity index (χ0v) is 14.9. The first-order chi connectivity index (χ1) is 12.6. The van der Waals surface area contributed by atoms with Crippen molar-refractivity contribution in [2.75, 3.05) is 19.8 Å². The molecule has 1 fully saturated rings. The van der Waals surface area contributed by atoms with E-state index in [0.29, 0.717) is 25.1 Å². The molecular formula is C18H20N2O5S. The van der Waals surface area contributed by atoms with E-state index in [1.54, 1.807) is 5.38 Å². The van der Waals surface area contributed by atoms with E-state index in [2.05, 4.69) is 10.3 Å². The molecule has 0 unspecified atom stereocenters. The minimum absolute atomic E-state index is 0.289. The van der Waals surface area contributed by atoms with Crippen molar-refractivity contribution in [3.8, 4) is 0 Å². The number of nitrogens with zero attached hydrogens (tertiary/aromatic N) is 1. The Labute approximate surface area is 155 Å². The second kappa shape index (κ2) is 8.88. The van der Waals surface area contributed by atoms with Gasteiger partial charge in [-0.2, -0.15) is 0 Å². The van der Waals surface area contributed by atoms with Gasteiger partial charge in [0.2, 0.25) is 0 Å². The van der Waals surface area contributed by atoms with Crippen LogP contribution < -0.4 is 5.32 Å². The average molecular weight is 376 g/mol. The fourth-order valence-electron chi connectivity index (χ4n) is 2.74. The van der Waals surface area contributed by atoms with Crippen LogP contribution in [0.15, 0.2) is 35.7 Å². The van der Waals surface area contributed by atoms with Crippen LogP contribution in [0.2, 0.25) is 0 Å². The fourth-order valence-corrected chi connectivity index (χ4v) is 3.55. The highest BCUT2D eigenvalue weighted by atomic mass is 32.1. The molecule has 0 aliphatic carbocycles. The molecule has 2 heterocycles. The van der Waals surface area contributed by atoms with Crippen molar-refractivity contribution in [2.24, 2.45) is 0 Å². The average Bonchev–Trinajstić information content (AvgIpc) is 3.10. The van der Waals surface area contributed by atoms with Gasteiger partial charge >= 0.3 is 5.97 Å². The summed E-state index contributed by atoms with van der Waals surface area (Å²) in [5, 5.41) is 14.2. The molecule has 2 atom stereocenters. The first-order valence-corrected chi connectivity index (χ1v) is 9.20. The van der Waals surface area contributed by atoms with Crippen LogP contribution in [0.25, 0.3) is 0 Å². The lowest BCUT2D eigenvalue weighted by atomic mass is 10.1. The Balaban J connectivity index is 1.59. The van der Waals surface area contributed by atoms with Gasteiger partial charge in [0.05, 0.1) is 23.8 Å². The summed E-state index contributed by atoms with van der Waals surface area (Å²) >= 11 is 1.44. The largest absolute Gasteiger partial charge is 0.480 e. The summed E-state index contributed by atoms with van der Waals surface area (Å²) in [5.41, 5.74) is 1.49. The maximum Gasteiger partial charge on any atom is 0.329 e. The third kappa shape index (κ3) is 5.10. The van der Waals surface area contributed by atoms with E-state index >= 15 is 0 Å². The number of ether oxygens (including phenoxy) is 2. The molecule has 3 rings (SSSR count). The molecular weight excluding hydrogens is 356 g/mol.